The Labute approximate surface area is 205 Å². The predicted octanol–water partition coefficient (Wildman–Crippen LogP) is 2.83. The van der Waals surface area contributed by atoms with E-state index < -0.39 is 11.9 Å². The zero-order chi connectivity index (χ0) is 24.2. The second-order valence-electron chi connectivity index (χ2n) is 8.22. The third-order valence-electron chi connectivity index (χ3n) is 5.73. The van der Waals surface area contributed by atoms with E-state index >= 15 is 0 Å². The van der Waals surface area contributed by atoms with Gasteiger partial charge in [-0.25, -0.2) is 4.98 Å². The third-order valence-corrected chi connectivity index (χ3v) is 6.63. The van der Waals surface area contributed by atoms with Crippen LogP contribution in [0.4, 0.5) is 5.69 Å². The van der Waals surface area contributed by atoms with Gasteiger partial charge in [-0.15, -0.1) is 11.3 Å². The SMILES string of the molecule is O=C(Cc1nc(COC(=O)C2CC(=O)N(c3ccc4c(c3)OCO4)C2)cs1)NCc1ccccc1. The quantitative estimate of drug-likeness (QED) is 0.481. The highest BCUT2D eigenvalue weighted by Crippen LogP contribution is 2.37. The number of anilines is 1. The van der Waals surface area contributed by atoms with Crippen LogP contribution in [0.3, 0.4) is 0 Å². The highest BCUT2D eigenvalue weighted by atomic mass is 32.1. The minimum absolute atomic E-state index is 0.00428. The van der Waals surface area contributed by atoms with E-state index in [4.69, 9.17) is 14.2 Å². The van der Waals surface area contributed by atoms with E-state index in [2.05, 4.69) is 10.3 Å². The highest BCUT2D eigenvalue weighted by molar-refractivity contribution is 7.09. The van der Waals surface area contributed by atoms with Crippen LogP contribution >= 0.6 is 11.3 Å². The molecule has 3 heterocycles. The third kappa shape index (κ3) is 5.43. The predicted molar refractivity (Wildman–Crippen MR) is 127 cm³/mol. The fourth-order valence-electron chi connectivity index (χ4n) is 3.92. The molecule has 2 amide bonds. The molecule has 0 bridgehead atoms. The molecular formula is C25H23N3O6S. The van der Waals surface area contributed by atoms with Crippen molar-refractivity contribution in [3.63, 3.8) is 0 Å². The van der Waals surface area contributed by atoms with Gasteiger partial charge in [-0.2, -0.15) is 0 Å². The topological polar surface area (TPSA) is 107 Å². The van der Waals surface area contributed by atoms with Gasteiger partial charge in [0, 0.05) is 36.6 Å². The van der Waals surface area contributed by atoms with Crippen LogP contribution in [-0.2, 0) is 38.7 Å². The van der Waals surface area contributed by atoms with E-state index in [1.807, 2.05) is 30.3 Å². The van der Waals surface area contributed by atoms with Gasteiger partial charge in [0.25, 0.3) is 0 Å². The van der Waals surface area contributed by atoms with E-state index in [0.717, 1.165) is 5.56 Å². The molecule has 1 aromatic heterocycles. The Hall–Kier alpha value is -3.92. The fraction of sp³-hybridized carbons (Fsp3) is 0.280. The van der Waals surface area contributed by atoms with Gasteiger partial charge in [0.15, 0.2) is 11.5 Å². The number of nitrogens with zero attached hydrogens (tertiary/aromatic N) is 2. The maximum Gasteiger partial charge on any atom is 0.311 e. The number of benzene rings is 2. The number of fused-ring (bicyclic) bond motifs is 1. The van der Waals surface area contributed by atoms with Gasteiger partial charge in [0.1, 0.15) is 11.6 Å². The van der Waals surface area contributed by atoms with Crippen molar-refractivity contribution in [3.8, 4) is 11.5 Å². The summed E-state index contributed by atoms with van der Waals surface area (Å²) in [5.41, 5.74) is 2.26. The largest absolute Gasteiger partial charge is 0.459 e. The van der Waals surface area contributed by atoms with Crippen molar-refractivity contribution in [1.82, 2.24) is 10.3 Å². The van der Waals surface area contributed by atoms with E-state index in [1.54, 1.807) is 28.5 Å². The molecule has 0 saturated carbocycles. The first-order valence-corrected chi connectivity index (χ1v) is 12.0. The maximum atomic E-state index is 12.6. The number of rotatable bonds is 8. The lowest BCUT2D eigenvalue weighted by atomic mass is 10.1. The van der Waals surface area contributed by atoms with Crippen LogP contribution in [0.15, 0.2) is 53.9 Å². The molecule has 1 saturated heterocycles. The Morgan fingerprint density at radius 1 is 1.14 bits per heavy atom. The monoisotopic (exact) mass is 493 g/mol. The molecule has 2 aliphatic rings. The highest BCUT2D eigenvalue weighted by Gasteiger charge is 2.36. The lowest BCUT2D eigenvalue weighted by Crippen LogP contribution is -2.26. The number of carbonyl (C=O) groups excluding carboxylic acids is 3. The molecular weight excluding hydrogens is 470 g/mol. The number of nitrogens with one attached hydrogen (secondary N) is 1. The van der Waals surface area contributed by atoms with Crippen molar-refractivity contribution in [1.29, 1.82) is 0 Å². The fourth-order valence-corrected chi connectivity index (χ4v) is 4.70. The van der Waals surface area contributed by atoms with Gasteiger partial charge in [-0.05, 0) is 17.7 Å². The molecule has 9 nitrogen and oxygen atoms in total. The van der Waals surface area contributed by atoms with Crippen LogP contribution < -0.4 is 19.7 Å². The first-order valence-electron chi connectivity index (χ1n) is 11.2. The van der Waals surface area contributed by atoms with Crippen molar-refractivity contribution < 1.29 is 28.6 Å². The van der Waals surface area contributed by atoms with E-state index in [1.165, 1.54) is 11.3 Å². The van der Waals surface area contributed by atoms with E-state index in [-0.39, 0.29) is 44.6 Å². The molecule has 5 rings (SSSR count). The summed E-state index contributed by atoms with van der Waals surface area (Å²) in [4.78, 5) is 43.3. The summed E-state index contributed by atoms with van der Waals surface area (Å²) >= 11 is 1.34. The number of thiazole rings is 1. The van der Waals surface area contributed by atoms with Crippen LogP contribution in [0.25, 0.3) is 0 Å². The zero-order valence-electron chi connectivity index (χ0n) is 18.8. The summed E-state index contributed by atoms with van der Waals surface area (Å²) in [5, 5.41) is 5.29. The van der Waals surface area contributed by atoms with Crippen molar-refractivity contribution in [2.45, 2.75) is 26.0 Å². The summed E-state index contributed by atoms with van der Waals surface area (Å²) in [5.74, 6) is -0.0725. The molecule has 1 N–H and O–H groups in total. The Morgan fingerprint density at radius 2 is 1.97 bits per heavy atom. The minimum atomic E-state index is -0.560. The Balaban J connectivity index is 1.09. The zero-order valence-corrected chi connectivity index (χ0v) is 19.6. The number of aromatic nitrogens is 1. The second-order valence-corrected chi connectivity index (χ2v) is 9.17. The first kappa shape index (κ1) is 22.9. The number of carbonyl (C=O) groups is 3. The van der Waals surface area contributed by atoms with E-state index in [0.29, 0.717) is 34.4 Å². The number of esters is 1. The Morgan fingerprint density at radius 3 is 2.83 bits per heavy atom. The molecule has 2 aromatic carbocycles. The lowest BCUT2D eigenvalue weighted by molar-refractivity contribution is -0.149. The van der Waals surface area contributed by atoms with Gasteiger partial charge in [0.2, 0.25) is 18.6 Å². The molecule has 1 fully saturated rings. The van der Waals surface area contributed by atoms with Crippen LogP contribution in [0, 0.1) is 5.92 Å². The smallest absolute Gasteiger partial charge is 0.311 e. The molecule has 0 aliphatic carbocycles. The second kappa shape index (κ2) is 10.1. The van der Waals surface area contributed by atoms with Crippen molar-refractivity contribution in [2.75, 3.05) is 18.2 Å². The van der Waals surface area contributed by atoms with Crippen molar-refractivity contribution in [2.24, 2.45) is 5.92 Å². The molecule has 35 heavy (non-hydrogen) atoms. The Kier molecular flexibility index (Phi) is 6.62. The molecule has 0 spiro atoms. The summed E-state index contributed by atoms with van der Waals surface area (Å²) in [6.07, 6.45) is 0.240. The summed E-state index contributed by atoms with van der Waals surface area (Å²) in [6.45, 7) is 0.841. The minimum Gasteiger partial charge on any atom is -0.459 e. The average molecular weight is 494 g/mol. The van der Waals surface area contributed by atoms with Gasteiger partial charge in [-0.1, -0.05) is 30.3 Å². The molecule has 180 valence electrons. The van der Waals surface area contributed by atoms with Gasteiger partial charge >= 0.3 is 5.97 Å². The molecule has 1 atom stereocenters. The maximum absolute atomic E-state index is 12.6. The number of hydrogen-bond donors (Lipinski definition) is 1. The van der Waals surface area contributed by atoms with E-state index in [9.17, 15) is 14.4 Å². The van der Waals surface area contributed by atoms with Crippen LogP contribution in [-0.4, -0.2) is 36.1 Å². The molecule has 2 aliphatic heterocycles. The van der Waals surface area contributed by atoms with Crippen molar-refractivity contribution >= 4 is 34.8 Å². The van der Waals surface area contributed by atoms with Gasteiger partial charge in [-0.3, -0.25) is 14.4 Å². The van der Waals surface area contributed by atoms with Crippen molar-refractivity contribution in [3.05, 3.63) is 70.2 Å². The number of amides is 2. The van der Waals surface area contributed by atoms with Gasteiger partial charge in [0.05, 0.1) is 18.0 Å². The molecule has 0 radical (unpaired) electrons. The standard InChI is InChI=1S/C25H23N3O6S/c29-22(26-11-16-4-2-1-3-5-16)10-23-27-18(14-35-23)13-32-25(31)17-8-24(30)28(12-17)19-6-7-20-21(9-19)34-15-33-20/h1-7,9,14,17H,8,10-13,15H2,(H,26,29). The van der Waals surface area contributed by atoms with Crippen LogP contribution in [0.5, 0.6) is 11.5 Å². The number of ether oxygens (including phenoxy) is 3. The lowest BCUT2D eigenvalue weighted by Gasteiger charge is -2.16. The van der Waals surface area contributed by atoms with Gasteiger partial charge < -0.3 is 24.4 Å². The summed E-state index contributed by atoms with van der Waals surface area (Å²) in [6, 6.07) is 14.9. The molecule has 3 aromatic rings. The normalized spacial score (nSPS) is 16.4. The molecule has 10 heteroatoms. The molecule has 1 unspecified atom stereocenters. The summed E-state index contributed by atoms with van der Waals surface area (Å²) in [7, 11) is 0. The number of hydrogen-bond acceptors (Lipinski definition) is 8. The Bertz CT molecular complexity index is 1250. The van der Waals surface area contributed by atoms with Crippen LogP contribution in [0.2, 0.25) is 0 Å². The van der Waals surface area contributed by atoms with Crippen LogP contribution in [0.1, 0.15) is 22.7 Å². The average Bonchev–Trinajstić information content (AvgIpc) is 3.61. The first-order chi connectivity index (χ1) is 17.0. The summed E-state index contributed by atoms with van der Waals surface area (Å²) < 4.78 is 16.1.